The summed E-state index contributed by atoms with van der Waals surface area (Å²) in [6, 6.07) is 3.99. The molecule has 1 aromatic carbocycles. The molecule has 0 bridgehead atoms. The second-order valence-electron chi connectivity index (χ2n) is 5.91. The van der Waals surface area contributed by atoms with Gasteiger partial charge in [0.1, 0.15) is 11.9 Å². The third kappa shape index (κ3) is 3.06. The van der Waals surface area contributed by atoms with E-state index in [1.54, 1.807) is 6.92 Å². The summed E-state index contributed by atoms with van der Waals surface area (Å²) in [5.41, 5.74) is 2.33. The first-order valence-electron chi connectivity index (χ1n) is 7.77. The van der Waals surface area contributed by atoms with Crippen LogP contribution in [0.1, 0.15) is 29.0 Å². The highest BCUT2D eigenvalue weighted by Gasteiger charge is 2.27. The van der Waals surface area contributed by atoms with Gasteiger partial charge in [-0.05, 0) is 17.7 Å². The molecular formula is C16H18ClN3O3. The van der Waals surface area contributed by atoms with Gasteiger partial charge >= 0.3 is 0 Å². The summed E-state index contributed by atoms with van der Waals surface area (Å²) >= 11 is 6.24. The van der Waals surface area contributed by atoms with E-state index in [1.165, 1.54) is 5.56 Å². The maximum Gasteiger partial charge on any atom is 0.246 e. The maximum atomic E-state index is 6.24. The van der Waals surface area contributed by atoms with Gasteiger partial charge in [0, 0.05) is 43.6 Å². The van der Waals surface area contributed by atoms with Crippen LogP contribution in [0.2, 0.25) is 5.02 Å². The molecule has 0 radical (unpaired) electrons. The molecule has 0 saturated carbocycles. The smallest absolute Gasteiger partial charge is 0.246 e. The molecule has 1 saturated heterocycles. The summed E-state index contributed by atoms with van der Waals surface area (Å²) in [7, 11) is 0. The number of fused-ring (bicyclic) bond motifs is 1. The van der Waals surface area contributed by atoms with E-state index in [1.807, 2.05) is 12.1 Å². The van der Waals surface area contributed by atoms with Crippen LogP contribution >= 0.6 is 11.6 Å². The van der Waals surface area contributed by atoms with Crippen molar-refractivity contribution in [1.29, 1.82) is 0 Å². The SMILES string of the molecule is Cc1nnc(C2CN(Cc3cc(Cl)cc4c3OCC4)CCO2)o1. The van der Waals surface area contributed by atoms with Crippen LogP contribution in [0.3, 0.4) is 0 Å². The molecule has 0 amide bonds. The Morgan fingerprint density at radius 2 is 2.22 bits per heavy atom. The second kappa shape index (κ2) is 6.11. The highest BCUT2D eigenvalue weighted by atomic mass is 35.5. The average molecular weight is 336 g/mol. The Bertz CT molecular complexity index is 719. The topological polar surface area (TPSA) is 60.6 Å². The summed E-state index contributed by atoms with van der Waals surface area (Å²) in [4.78, 5) is 2.31. The Balaban J connectivity index is 1.51. The fourth-order valence-corrected chi connectivity index (χ4v) is 3.41. The fourth-order valence-electron chi connectivity index (χ4n) is 3.14. The first-order chi connectivity index (χ1) is 11.2. The summed E-state index contributed by atoms with van der Waals surface area (Å²) in [6.07, 6.45) is 0.744. The number of aromatic nitrogens is 2. The zero-order valence-electron chi connectivity index (χ0n) is 12.9. The van der Waals surface area contributed by atoms with E-state index >= 15 is 0 Å². The van der Waals surface area contributed by atoms with Crippen LogP contribution in [0.25, 0.3) is 0 Å². The van der Waals surface area contributed by atoms with Gasteiger partial charge in [-0.25, -0.2) is 0 Å². The molecule has 2 aromatic rings. The number of hydrogen-bond acceptors (Lipinski definition) is 6. The van der Waals surface area contributed by atoms with Gasteiger partial charge < -0.3 is 13.9 Å². The molecule has 1 atom stereocenters. The first-order valence-corrected chi connectivity index (χ1v) is 8.15. The van der Waals surface area contributed by atoms with Crippen LogP contribution < -0.4 is 4.74 Å². The Morgan fingerprint density at radius 1 is 1.30 bits per heavy atom. The first kappa shape index (κ1) is 14.9. The van der Waals surface area contributed by atoms with Crippen molar-refractivity contribution in [2.24, 2.45) is 0 Å². The van der Waals surface area contributed by atoms with Crippen LogP contribution in [0.15, 0.2) is 16.5 Å². The molecule has 2 aliphatic heterocycles. The lowest BCUT2D eigenvalue weighted by Crippen LogP contribution is -2.38. The lowest BCUT2D eigenvalue weighted by Gasteiger charge is -2.31. The summed E-state index contributed by atoms with van der Waals surface area (Å²) in [6.45, 7) is 5.48. The molecule has 0 N–H and O–H groups in total. The number of nitrogens with zero attached hydrogens (tertiary/aromatic N) is 3. The molecule has 3 heterocycles. The third-order valence-electron chi connectivity index (χ3n) is 4.19. The van der Waals surface area contributed by atoms with Crippen molar-refractivity contribution >= 4 is 11.6 Å². The number of rotatable bonds is 3. The Labute approximate surface area is 139 Å². The van der Waals surface area contributed by atoms with Crippen LogP contribution in [-0.2, 0) is 17.7 Å². The van der Waals surface area contributed by atoms with E-state index in [2.05, 4.69) is 15.1 Å². The van der Waals surface area contributed by atoms with Gasteiger partial charge in [0.25, 0.3) is 0 Å². The van der Waals surface area contributed by atoms with E-state index in [-0.39, 0.29) is 6.10 Å². The van der Waals surface area contributed by atoms with E-state index < -0.39 is 0 Å². The molecule has 23 heavy (non-hydrogen) atoms. The van der Waals surface area contributed by atoms with Crippen molar-refractivity contribution in [2.45, 2.75) is 26.0 Å². The van der Waals surface area contributed by atoms with Crippen LogP contribution in [0, 0.1) is 6.92 Å². The average Bonchev–Trinajstić information content (AvgIpc) is 3.16. The molecular weight excluding hydrogens is 318 g/mol. The third-order valence-corrected chi connectivity index (χ3v) is 4.41. The van der Waals surface area contributed by atoms with E-state index in [0.717, 1.165) is 42.5 Å². The van der Waals surface area contributed by atoms with E-state index in [4.69, 9.17) is 25.5 Å². The van der Waals surface area contributed by atoms with Crippen molar-refractivity contribution in [3.63, 3.8) is 0 Å². The number of benzene rings is 1. The Kier molecular flexibility index (Phi) is 3.97. The molecule has 4 rings (SSSR count). The van der Waals surface area contributed by atoms with Crippen molar-refractivity contribution in [3.8, 4) is 5.75 Å². The second-order valence-corrected chi connectivity index (χ2v) is 6.34. The lowest BCUT2D eigenvalue weighted by molar-refractivity contribution is -0.0458. The van der Waals surface area contributed by atoms with Crippen LogP contribution in [0.5, 0.6) is 5.75 Å². The molecule has 6 nitrogen and oxygen atoms in total. The molecule has 2 aliphatic rings. The monoisotopic (exact) mass is 335 g/mol. The highest BCUT2D eigenvalue weighted by Crippen LogP contribution is 2.34. The van der Waals surface area contributed by atoms with Crippen LogP contribution in [-0.4, -0.2) is 41.4 Å². The fraction of sp³-hybridized carbons (Fsp3) is 0.500. The Morgan fingerprint density at radius 3 is 3.04 bits per heavy atom. The van der Waals surface area contributed by atoms with Gasteiger partial charge in [-0.3, -0.25) is 4.90 Å². The number of morpholine rings is 1. The molecule has 7 heteroatoms. The van der Waals surface area contributed by atoms with Gasteiger partial charge in [0.2, 0.25) is 11.8 Å². The normalized spacial score (nSPS) is 21.2. The van der Waals surface area contributed by atoms with Crippen molar-refractivity contribution < 1.29 is 13.9 Å². The molecule has 122 valence electrons. The van der Waals surface area contributed by atoms with Gasteiger partial charge in [-0.2, -0.15) is 0 Å². The minimum atomic E-state index is -0.182. The predicted molar refractivity (Wildman–Crippen MR) is 83.7 cm³/mol. The largest absolute Gasteiger partial charge is 0.493 e. The standard InChI is InChI=1S/C16H18ClN3O3/c1-10-18-19-16(23-10)14-9-20(3-5-21-14)8-12-7-13(17)6-11-2-4-22-15(11)12/h6-7,14H,2-5,8-9H2,1H3. The molecule has 1 unspecified atom stereocenters. The minimum absolute atomic E-state index is 0.182. The number of ether oxygens (including phenoxy) is 2. The van der Waals surface area contributed by atoms with E-state index in [0.29, 0.717) is 24.9 Å². The van der Waals surface area contributed by atoms with Gasteiger partial charge in [0.15, 0.2) is 0 Å². The highest BCUT2D eigenvalue weighted by molar-refractivity contribution is 6.30. The van der Waals surface area contributed by atoms with Gasteiger partial charge in [0.05, 0.1) is 13.2 Å². The van der Waals surface area contributed by atoms with Crippen molar-refractivity contribution in [3.05, 3.63) is 40.1 Å². The summed E-state index contributed by atoms with van der Waals surface area (Å²) in [5, 5.41) is 8.71. The number of aryl methyl sites for hydroxylation is 1. The number of halogens is 1. The van der Waals surface area contributed by atoms with E-state index in [9.17, 15) is 0 Å². The van der Waals surface area contributed by atoms with Crippen LogP contribution in [0.4, 0.5) is 0 Å². The van der Waals surface area contributed by atoms with Gasteiger partial charge in [-0.1, -0.05) is 11.6 Å². The zero-order chi connectivity index (χ0) is 15.8. The van der Waals surface area contributed by atoms with Gasteiger partial charge in [-0.15, -0.1) is 10.2 Å². The molecule has 1 fully saturated rings. The lowest BCUT2D eigenvalue weighted by atomic mass is 10.1. The minimum Gasteiger partial charge on any atom is -0.493 e. The summed E-state index contributed by atoms with van der Waals surface area (Å²) < 4.78 is 17.0. The molecule has 0 aliphatic carbocycles. The molecule has 0 spiro atoms. The maximum absolute atomic E-state index is 6.24. The zero-order valence-corrected chi connectivity index (χ0v) is 13.7. The quantitative estimate of drug-likeness (QED) is 0.859. The molecule has 1 aromatic heterocycles. The summed E-state index contributed by atoms with van der Waals surface area (Å²) in [5.74, 6) is 2.09. The predicted octanol–water partition coefficient (Wildman–Crippen LogP) is 2.54. The van der Waals surface area contributed by atoms with Crippen molar-refractivity contribution in [2.75, 3.05) is 26.3 Å². The Hall–Kier alpha value is -1.63. The van der Waals surface area contributed by atoms with Crippen molar-refractivity contribution in [1.82, 2.24) is 15.1 Å². The number of hydrogen-bond donors (Lipinski definition) is 0.